The number of imidazole rings is 1. The van der Waals surface area contributed by atoms with Crippen molar-refractivity contribution in [3.05, 3.63) is 47.2 Å². The first-order valence-corrected chi connectivity index (χ1v) is 11.0. The SMILES string of the molecule is CC(C)CC(=O)Cn1c(-c2ccc(F)c(Cl)c2)nc2cc(OCCCCCl)ccc21. The predicted molar refractivity (Wildman–Crippen MR) is 120 cm³/mol. The van der Waals surface area contributed by atoms with Crippen LogP contribution in [0.1, 0.15) is 33.1 Å². The number of rotatable bonds is 10. The number of aromatic nitrogens is 2. The Morgan fingerprint density at radius 3 is 2.70 bits per heavy atom. The van der Waals surface area contributed by atoms with E-state index in [0.717, 1.165) is 18.4 Å². The Labute approximate surface area is 186 Å². The number of alkyl halides is 1. The molecule has 1 heterocycles. The third kappa shape index (κ3) is 5.52. The van der Waals surface area contributed by atoms with Gasteiger partial charge in [0.05, 0.1) is 29.2 Å². The normalized spacial score (nSPS) is 11.4. The van der Waals surface area contributed by atoms with E-state index in [0.29, 0.717) is 41.6 Å². The lowest BCUT2D eigenvalue weighted by atomic mass is 10.1. The number of hydrogen-bond acceptors (Lipinski definition) is 3. The van der Waals surface area contributed by atoms with Gasteiger partial charge in [0, 0.05) is 23.9 Å². The van der Waals surface area contributed by atoms with Gasteiger partial charge in [0.2, 0.25) is 0 Å². The highest BCUT2D eigenvalue weighted by Gasteiger charge is 2.17. The van der Waals surface area contributed by atoms with Crippen molar-refractivity contribution in [2.45, 2.75) is 39.7 Å². The van der Waals surface area contributed by atoms with Crippen LogP contribution >= 0.6 is 23.2 Å². The van der Waals surface area contributed by atoms with Crippen LogP contribution in [-0.2, 0) is 11.3 Å². The van der Waals surface area contributed by atoms with Gasteiger partial charge in [-0.2, -0.15) is 0 Å². The van der Waals surface area contributed by atoms with E-state index < -0.39 is 5.82 Å². The van der Waals surface area contributed by atoms with Gasteiger partial charge in [-0.1, -0.05) is 25.4 Å². The van der Waals surface area contributed by atoms with Gasteiger partial charge in [0.25, 0.3) is 0 Å². The van der Waals surface area contributed by atoms with Crippen molar-refractivity contribution >= 4 is 40.0 Å². The van der Waals surface area contributed by atoms with E-state index in [1.165, 1.54) is 12.1 Å². The third-order valence-electron chi connectivity index (χ3n) is 4.66. The Kier molecular flexibility index (Phi) is 7.73. The van der Waals surface area contributed by atoms with Gasteiger partial charge < -0.3 is 9.30 Å². The summed E-state index contributed by atoms with van der Waals surface area (Å²) in [7, 11) is 0. The molecule has 0 atom stereocenters. The van der Waals surface area contributed by atoms with Gasteiger partial charge >= 0.3 is 0 Å². The first kappa shape index (κ1) is 22.6. The lowest BCUT2D eigenvalue weighted by molar-refractivity contribution is -0.120. The fraction of sp³-hybridized carbons (Fsp3) is 0.391. The minimum atomic E-state index is -0.494. The van der Waals surface area contributed by atoms with Crippen LogP contribution in [0.5, 0.6) is 5.75 Å². The molecule has 0 amide bonds. The summed E-state index contributed by atoms with van der Waals surface area (Å²) >= 11 is 11.7. The van der Waals surface area contributed by atoms with Gasteiger partial charge in [-0.3, -0.25) is 4.79 Å². The van der Waals surface area contributed by atoms with E-state index in [4.69, 9.17) is 32.9 Å². The highest BCUT2D eigenvalue weighted by atomic mass is 35.5. The molecule has 3 aromatic rings. The summed E-state index contributed by atoms with van der Waals surface area (Å²) in [5.74, 6) is 1.78. The maximum Gasteiger partial charge on any atom is 0.152 e. The summed E-state index contributed by atoms with van der Waals surface area (Å²) in [6.07, 6.45) is 2.25. The maximum atomic E-state index is 13.7. The van der Waals surface area contributed by atoms with Crippen molar-refractivity contribution in [1.82, 2.24) is 9.55 Å². The number of nitrogens with zero attached hydrogens (tertiary/aromatic N) is 2. The number of hydrogen-bond donors (Lipinski definition) is 0. The van der Waals surface area contributed by atoms with Gasteiger partial charge in [-0.05, 0) is 49.1 Å². The zero-order valence-electron chi connectivity index (χ0n) is 17.1. The molecule has 0 aliphatic carbocycles. The molecule has 160 valence electrons. The second-order valence-corrected chi connectivity index (χ2v) is 8.47. The monoisotopic (exact) mass is 450 g/mol. The summed E-state index contributed by atoms with van der Waals surface area (Å²) in [6.45, 7) is 4.79. The number of ether oxygens (including phenoxy) is 1. The smallest absolute Gasteiger partial charge is 0.152 e. The number of unbranched alkanes of at least 4 members (excludes halogenated alkanes) is 1. The molecule has 0 unspecified atom stereocenters. The molecule has 0 aliphatic rings. The molecule has 7 heteroatoms. The lowest BCUT2D eigenvalue weighted by Gasteiger charge is -2.11. The van der Waals surface area contributed by atoms with Gasteiger partial charge in [-0.25, -0.2) is 9.37 Å². The third-order valence-corrected chi connectivity index (χ3v) is 5.22. The topological polar surface area (TPSA) is 44.1 Å². The van der Waals surface area contributed by atoms with E-state index in [9.17, 15) is 9.18 Å². The number of Topliss-reactive ketones (excluding diaryl/α,β-unsaturated/α-hetero) is 1. The first-order chi connectivity index (χ1) is 14.4. The zero-order valence-corrected chi connectivity index (χ0v) is 18.6. The van der Waals surface area contributed by atoms with E-state index in [-0.39, 0.29) is 23.3 Å². The fourth-order valence-electron chi connectivity index (χ4n) is 3.30. The number of fused-ring (bicyclic) bond motifs is 1. The number of benzene rings is 2. The van der Waals surface area contributed by atoms with Crippen LogP contribution in [0, 0.1) is 11.7 Å². The van der Waals surface area contributed by atoms with Crippen molar-refractivity contribution in [1.29, 1.82) is 0 Å². The predicted octanol–water partition coefficient (Wildman–Crippen LogP) is 6.51. The summed E-state index contributed by atoms with van der Waals surface area (Å²) in [5.41, 5.74) is 2.17. The fourth-order valence-corrected chi connectivity index (χ4v) is 3.67. The Balaban J connectivity index is 1.99. The second-order valence-electron chi connectivity index (χ2n) is 7.68. The van der Waals surface area contributed by atoms with E-state index in [2.05, 4.69) is 0 Å². The molecule has 0 aliphatic heterocycles. The number of halogens is 3. The summed E-state index contributed by atoms with van der Waals surface area (Å²) in [6, 6.07) is 10.1. The molecule has 0 N–H and O–H groups in total. The highest BCUT2D eigenvalue weighted by molar-refractivity contribution is 6.31. The lowest BCUT2D eigenvalue weighted by Crippen LogP contribution is -2.13. The Morgan fingerprint density at radius 1 is 1.20 bits per heavy atom. The molecule has 0 radical (unpaired) electrons. The van der Waals surface area contributed by atoms with Crippen LogP contribution in [0.25, 0.3) is 22.4 Å². The number of carbonyl (C=O) groups excluding carboxylic acids is 1. The van der Waals surface area contributed by atoms with Gasteiger partial charge in [-0.15, -0.1) is 11.6 Å². The van der Waals surface area contributed by atoms with Gasteiger partial charge in [0.1, 0.15) is 17.4 Å². The van der Waals surface area contributed by atoms with Crippen molar-refractivity contribution < 1.29 is 13.9 Å². The largest absolute Gasteiger partial charge is 0.494 e. The molecule has 3 rings (SSSR count). The van der Waals surface area contributed by atoms with Crippen LogP contribution in [0.3, 0.4) is 0 Å². The standard InChI is InChI=1S/C23H25Cl2FN2O2/c1-15(2)11-17(29)14-28-22-8-6-18(30-10-4-3-9-24)13-21(22)27-23(28)16-5-7-20(26)19(25)12-16/h5-8,12-13,15H,3-4,9-11,14H2,1-2H3. The van der Waals surface area contributed by atoms with Crippen molar-refractivity contribution in [3.8, 4) is 17.1 Å². The molecule has 0 spiro atoms. The van der Waals surface area contributed by atoms with Crippen molar-refractivity contribution in [2.75, 3.05) is 12.5 Å². The molecule has 4 nitrogen and oxygen atoms in total. The van der Waals surface area contributed by atoms with E-state index in [1.54, 1.807) is 6.07 Å². The minimum absolute atomic E-state index is 0.0166. The van der Waals surface area contributed by atoms with Crippen LogP contribution < -0.4 is 4.74 Å². The van der Waals surface area contributed by atoms with Crippen molar-refractivity contribution in [3.63, 3.8) is 0 Å². The minimum Gasteiger partial charge on any atom is -0.494 e. The van der Waals surface area contributed by atoms with E-state index in [1.807, 2.05) is 36.6 Å². The van der Waals surface area contributed by atoms with Crippen molar-refractivity contribution in [2.24, 2.45) is 5.92 Å². The Hall–Kier alpha value is -2.11. The van der Waals surface area contributed by atoms with Crippen LogP contribution in [0.4, 0.5) is 4.39 Å². The molecule has 0 bridgehead atoms. The molecule has 0 fully saturated rings. The molecule has 2 aromatic carbocycles. The first-order valence-electron chi connectivity index (χ1n) is 10.0. The van der Waals surface area contributed by atoms with Crippen LogP contribution in [0.15, 0.2) is 36.4 Å². The maximum absolute atomic E-state index is 13.7. The molecule has 30 heavy (non-hydrogen) atoms. The highest BCUT2D eigenvalue weighted by Crippen LogP contribution is 2.30. The number of carbonyl (C=O) groups is 1. The molecular formula is C23H25Cl2FN2O2. The molecule has 1 aromatic heterocycles. The summed E-state index contributed by atoms with van der Waals surface area (Å²) < 4.78 is 21.3. The molecule has 0 saturated heterocycles. The van der Waals surface area contributed by atoms with E-state index >= 15 is 0 Å². The number of ketones is 1. The van der Waals surface area contributed by atoms with Crippen LogP contribution in [0.2, 0.25) is 5.02 Å². The summed E-state index contributed by atoms with van der Waals surface area (Å²) in [5, 5.41) is 0.0166. The molecular weight excluding hydrogens is 426 g/mol. The Bertz CT molecular complexity index is 1030. The van der Waals surface area contributed by atoms with Crippen LogP contribution in [-0.4, -0.2) is 27.8 Å². The second kappa shape index (κ2) is 10.3. The summed E-state index contributed by atoms with van der Waals surface area (Å²) in [4.78, 5) is 17.3. The average molecular weight is 451 g/mol. The quantitative estimate of drug-likeness (QED) is 0.261. The zero-order chi connectivity index (χ0) is 21.7. The molecule has 0 saturated carbocycles. The van der Waals surface area contributed by atoms with Gasteiger partial charge in [0.15, 0.2) is 5.78 Å². The average Bonchev–Trinajstić information content (AvgIpc) is 3.04. The Morgan fingerprint density at radius 2 is 2.00 bits per heavy atom.